The molecule has 0 amide bonds. The Morgan fingerprint density at radius 2 is 2.10 bits per heavy atom. The normalized spacial score (nSPS) is 18.3. The summed E-state index contributed by atoms with van der Waals surface area (Å²) < 4.78 is 0. The molecular weight excluding hydrogens is 296 g/mol. The highest BCUT2D eigenvalue weighted by atomic mass is 32.2. The van der Waals surface area contributed by atoms with Gasteiger partial charge in [0.25, 0.3) is 0 Å². The van der Waals surface area contributed by atoms with Crippen molar-refractivity contribution in [2.24, 2.45) is 11.1 Å². The van der Waals surface area contributed by atoms with Crippen molar-refractivity contribution in [3.8, 4) is 0 Å². The third-order valence-corrected chi connectivity index (χ3v) is 5.38. The number of thioether (sulfide) groups is 1. The highest BCUT2D eigenvalue weighted by molar-refractivity contribution is 7.99. The number of thiocarbonyl (C=S) groups is 1. The molecule has 2 N–H and O–H groups in total. The lowest BCUT2D eigenvalue weighted by Gasteiger charge is -2.27. The third kappa shape index (κ3) is 4.13. The summed E-state index contributed by atoms with van der Waals surface area (Å²) in [4.78, 5) is 4.21. The topological polar surface area (TPSA) is 29.3 Å². The molecule has 0 saturated carbocycles. The van der Waals surface area contributed by atoms with E-state index in [4.69, 9.17) is 18.0 Å². The van der Waals surface area contributed by atoms with Crippen molar-refractivity contribution in [3.63, 3.8) is 0 Å². The Morgan fingerprint density at radius 1 is 1.33 bits per heavy atom. The maximum Gasteiger partial charge on any atom is 0.107 e. The van der Waals surface area contributed by atoms with E-state index in [-0.39, 0.29) is 0 Å². The van der Waals surface area contributed by atoms with Crippen molar-refractivity contribution in [2.45, 2.75) is 44.9 Å². The molecule has 1 heterocycles. The first-order valence-corrected chi connectivity index (χ1v) is 9.14. The first kappa shape index (κ1) is 16.6. The van der Waals surface area contributed by atoms with Crippen LogP contribution in [0, 0.1) is 5.41 Å². The Labute approximate surface area is 138 Å². The predicted molar refractivity (Wildman–Crippen MR) is 98.6 cm³/mol. The van der Waals surface area contributed by atoms with Crippen molar-refractivity contribution in [3.05, 3.63) is 23.8 Å². The molecule has 0 atom stereocenters. The molecule has 21 heavy (non-hydrogen) atoms. The van der Waals surface area contributed by atoms with Crippen molar-refractivity contribution in [1.82, 2.24) is 0 Å². The Bertz CT molecular complexity index is 512. The van der Waals surface area contributed by atoms with E-state index in [2.05, 4.69) is 43.9 Å². The molecule has 1 saturated heterocycles. The van der Waals surface area contributed by atoms with Gasteiger partial charge in [-0.25, -0.2) is 0 Å². The second-order valence-electron chi connectivity index (χ2n) is 6.45. The van der Waals surface area contributed by atoms with Gasteiger partial charge in [-0.15, -0.1) is 11.8 Å². The summed E-state index contributed by atoms with van der Waals surface area (Å²) in [5, 5.41) is 0. The molecule has 1 aliphatic rings. The van der Waals surface area contributed by atoms with Gasteiger partial charge in [0.1, 0.15) is 4.99 Å². The van der Waals surface area contributed by atoms with Gasteiger partial charge < -0.3 is 10.6 Å². The molecule has 0 spiro atoms. The number of anilines is 1. The summed E-state index contributed by atoms with van der Waals surface area (Å²) in [7, 11) is 0. The van der Waals surface area contributed by atoms with Crippen LogP contribution in [0.2, 0.25) is 0 Å². The van der Waals surface area contributed by atoms with Crippen LogP contribution in [0.15, 0.2) is 23.1 Å². The second kappa shape index (κ2) is 7.01. The summed E-state index contributed by atoms with van der Waals surface area (Å²) in [6.07, 6.45) is 3.74. The van der Waals surface area contributed by atoms with E-state index < -0.39 is 0 Å². The van der Waals surface area contributed by atoms with Gasteiger partial charge in [-0.2, -0.15) is 0 Å². The highest BCUT2D eigenvalue weighted by Crippen LogP contribution is 2.35. The zero-order valence-electron chi connectivity index (χ0n) is 13.3. The van der Waals surface area contributed by atoms with E-state index in [9.17, 15) is 0 Å². The minimum absolute atomic E-state index is 0.438. The zero-order valence-corrected chi connectivity index (χ0v) is 14.9. The van der Waals surface area contributed by atoms with Gasteiger partial charge in [0.05, 0.1) is 0 Å². The summed E-state index contributed by atoms with van der Waals surface area (Å²) >= 11 is 7.16. The van der Waals surface area contributed by atoms with Crippen LogP contribution in [0.4, 0.5) is 5.69 Å². The Hall–Kier alpha value is -0.740. The molecule has 1 aromatic carbocycles. The van der Waals surface area contributed by atoms with Gasteiger partial charge in [0.15, 0.2) is 0 Å². The van der Waals surface area contributed by atoms with Gasteiger partial charge in [-0.1, -0.05) is 39.1 Å². The lowest BCUT2D eigenvalue weighted by atomic mass is 9.85. The minimum atomic E-state index is 0.438. The van der Waals surface area contributed by atoms with E-state index in [0.29, 0.717) is 10.4 Å². The summed E-state index contributed by atoms with van der Waals surface area (Å²) in [5.74, 6) is 1.03. The molecule has 1 fully saturated rings. The molecule has 116 valence electrons. The van der Waals surface area contributed by atoms with E-state index >= 15 is 0 Å². The molecule has 0 unspecified atom stereocenters. The zero-order chi connectivity index (χ0) is 15.5. The molecule has 2 rings (SSSR count). The van der Waals surface area contributed by atoms with Crippen molar-refractivity contribution < 1.29 is 0 Å². The van der Waals surface area contributed by atoms with E-state index in [0.717, 1.165) is 24.4 Å². The van der Waals surface area contributed by atoms with E-state index in [1.807, 2.05) is 11.8 Å². The van der Waals surface area contributed by atoms with Crippen molar-refractivity contribution >= 4 is 34.7 Å². The minimum Gasteiger partial charge on any atom is -0.389 e. The number of nitrogens with two attached hydrogens (primary N) is 1. The lowest BCUT2D eigenvalue weighted by molar-refractivity contribution is 0.325. The number of rotatable bonds is 4. The summed E-state index contributed by atoms with van der Waals surface area (Å²) in [6.45, 7) is 9.08. The number of nitrogens with zero attached hydrogens (tertiary/aromatic N) is 1. The lowest BCUT2D eigenvalue weighted by Crippen LogP contribution is -2.28. The summed E-state index contributed by atoms with van der Waals surface area (Å²) in [5.41, 5.74) is 8.76. The maximum absolute atomic E-state index is 6.04. The molecule has 1 aromatic rings. The Morgan fingerprint density at radius 3 is 2.76 bits per heavy atom. The first-order valence-electron chi connectivity index (χ1n) is 7.75. The maximum atomic E-state index is 6.04. The Kier molecular flexibility index (Phi) is 5.55. The van der Waals surface area contributed by atoms with E-state index in [1.165, 1.54) is 29.8 Å². The standard InChI is InChI=1S/C17H26N2S2/c1-4-21-14-8-5-7-13(15(14)16(18)20)19-11-6-9-17(2,3)10-12-19/h5,7-8H,4,6,9-12H2,1-3H3,(H2,18,20). The van der Waals surface area contributed by atoms with Gasteiger partial charge in [-0.05, 0) is 42.6 Å². The van der Waals surface area contributed by atoms with Crippen LogP contribution in [-0.4, -0.2) is 23.8 Å². The number of benzene rings is 1. The molecule has 0 aromatic heterocycles. The van der Waals surface area contributed by atoms with Crippen LogP contribution >= 0.6 is 24.0 Å². The van der Waals surface area contributed by atoms with Crippen LogP contribution in [0.25, 0.3) is 0 Å². The fourth-order valence-electron chi connectivity index (χ4n) is 2.97. The molecule has 4 heteroatoms. The van der Waals surface area contributed by atoms with Crippen LogP contribution in [0.5, 0.6) is 0 Å². The molecule has 1 aliphatic heterocycles. The van der Waals surface area contributed by atoms with Crippen LogP contribution < -0.4 is 10.6 Å². The van der Waals surface area contributed by atoms with Gasteiger partial charge >= 0.3 is 0 Å². The molecule has 0 radical (unpaired) electrons. The average Bonchev–Trinajstić information content (AvgIpc) is 2.59. The number of hydrogen-bond donors (Lipinski definition) is 1. The first-order chi connectivity index (χ1) is 9.94. The fourth-order valence-corrected chi connectivity index (χ4v) is 4.09. The van der Waals surface area contributed by atoms with Crippen molar-refractivity contribution in [1.29, 1.82) is 0 Å². The average molecular weight is 323 g/mol. The smallest absolute Gasteiger partial charge is 0.107 e. The van der Waals surface area contributed by atoms with Gasteiger partial charge in [0.2, 0.25) is 0 Å². The highest BCUT2D eigenvalue weighted by Gasteiger charge is 2.25. The van der Waals surface area contributed by atoms with Crippen LogP contribution in [0.3, 0.4) is 0 Å². The molecule has 2 nitrogen and oxygen atoms in total. The van der Waals surface area contributed by atoms with Crippen molar-refractivity contribution in [2.75, 3.05) is 23.7 Å². The fraction of sp³-hybridized carbons (Fsp3) is 0.588. The second-order valence-corrected chi connectivity index (χ2v) is 8.20. The van der Waals surface area contributed by atoms with Crippen LogP contribution in [0.1, 0.15) is 45.6 Å². The summed E-state index contributed by atoms with van der Waals surface area (Å²) in [6, 6.07) is 6.44. The molecular formula is C17H26N2S2. The largest absolute Gasteiger partial charge is 0.389 e. The SMILES string of the molecule is CCSc1cccc(N2CCCC(C)(C)CC2)c1C(N)=S. The third-order valence-electron chi connectivity index (χ3n) is 4.23. The molecule has 0 bridgehead atoms. The Balaban J connectivity index is 2.34. The van der Waals surface area contributed by atoms with E-state index in [1.54, 1.807) is 0 Å². The van der Waals surface area contributed by atoms with Crippen LogP contribution in [-0.2, 0) is 0 Å². The van der Waals surface area contributed by atoms with Gasteiger partial charge in [-0.3, -0.25) is 0 Å². The van der Waals surface area contributed by atoms with Gasteiger partial charge in [0, 0.05) is 29.2 Å². The quantitative estimate of drug-likeness (QED) is 0.655. The monoisotopic (exact) mass is 322 g/mol. The predicted octanol–water partition coefficient (Wildman–Crippen LogP) is 4.45. The number of hydrogen-bond acceptors (Lipinski definition) is 3. The molecule has 0 aliphatic carbocycles.